The van der Waals surface area contributed by atoms with Crippen molar-refractivity contribution in [3.63, 3.8) is 0 Å². The molecule has 7 nitrogen and oxygen atoms in total. The number of ether oxygens (including phenoxy) is 3. The van der Waals surface area contributed by atoms with E-state index in [-0.39, 0.29) is 12.2 Å². The highest BCUT2D eigenvalue weighted by Crippen LogP contribution is 2.38. The van der Waals surface area contributed by atoms with Gasteiger partial charge in [-0.15, -0.1) is 0 Å². The van der Waals surface area contributed by atoms with Crippen LogP contribution in [0.4, 0.5) is 0 Å². The maximum atomic E-state index is 14.5. The molecule has 0 radical (unpaired) electrons. The lowest BCUT2D eigenvalue weighted by molar-refractivity contribution is -0.139. The van der Waals surface area contributed by atoms with E-state index < -0.39 is 12.0 Å². The third kappa shape index (κ3) is 6.66. The van der Waals surface area contributed by atoms with Crippen LogP contribution in [0.3, 0.4) is 0 Å². The van der Waals surface area contributed by atoms with Crippen LogP contribution in [-0.4, -0.2) is 24.3 Å². The van der Waals surface area contributed by atoms with E-state index in [0.717, 1.165) is 32.8 Å². The predicted molar refractivity (Wildman–Crippen MR) is 190 cm³/mol. The molecule has 0 bridgehead atoms. The lowest BCUT2D eigenvalue weighted by atomic mass is 9.93. The summed E-state index contributed by atoms with van der Waals surface area (Å²) >= 11 is 10.9. The SMILES string of the molecule is CCCC1=C(C(=O)OCC)[C@@H](c2cc(Br)ccc2OC)n2c(s/c(=C/c3c(OCc4ccc(Cl)cc4)ccc4ccccc34)c2=O)=N1. The third-order valence-corrected chi connectivity index (χ3v) is 9.62. The number of halogens is 2. The van der Waals surface area contributed by atoms with Crippen molar-refractivity contribution in [2.24, 2.45) is 4.99 Å². The molecule has 1 atom stereocenters. The number of thiazole rings is 1. The smallest absolute Gasteiger partial charge is 0.338 e. The molecule has 10 heteroatoms. The Kier molecular flexibility index (Phi) is 9.96. The number of hydrogen-bond acceptors (Lipinski definition) is 7. The van der Waals surface area contributed by atoms with Crippen molar-refractivity contribution in [3.8, 4) is 11.5 Å². The summed E-state index contributed by atoms with van der Waals surface area (Å²) in [5, 5.41) is 2.61. The Labute approximate surface area is 289 Å². The number of carbonyl (C=O) groups excluding carboxylic acids is 1. The number of methoxy groups -OCH3 is 1. The Bertz CT molecular complexity index is 2190. The Hall–Kier alpha value is -4.18. The van der Waals surface area contributed by atoms with Crippen LogP contribution >= 0.6 is 38.9 Å². The number of nitrogens with zero attached hydrogens (tertiary/aromatic N) is 2. The van der Waals surface area contributed by atoms with Crippen LogP contribution in [0.1, 0.15) is 49.4 Å². The molecule has 0 saturated heterocycles. The van der Waals surface area contributed by atoms with E-state index in [2.05, 4.69) is 15.9 Å². The van der Waals surface area contributed by atoms with Gasteiger partial charge in [-0.25, -0.2) is 9.79 Å². The molecule has 4 aromatic carbocycles. The molecule has 0 spiro atoms. The third-order valence-electron chi connectivity index (χ3n) is 7.89. The second kappa shape index (κ2) is 14.3. The Balaban J connectivity index is 1.58. The number of carbonyl (C=O) groups is 1. The molecule has 240 valence electrons. The van der Waals surface area contributed by atoms with Crippen LogP contribution < -0.4 is 24.4 Å². The minimum absolute atomic E-state index is 0.189. The van der Waals surface area contributed by atoms with Crippen LogP contribution in [-0.2, 0) is 16.1 Å². The molecule has 0 amide bonds. The normalized spacial score (nSPS) is 14.6. The molecule has 5 aromatic rings. The van der Waals surface area contributed by atoms with Gasteiger partial charge in [-0.1, -0.05) is 94.7 Å². The molecular formula is C37H32BrClN2O5S. The number of allylic oxidation sites excluding steroid dienone is 1. The van der Waals surface area contributed by atoms with Gasteiger partial charge in [-0.2, -0.15) is 0 Å². The Morgan fingerprint density at radius 2 is 1.81 bits per heavy atom. The number of hydrogen-bond donors (Lipinski definition) is 0. The van der Waals surface area contributed by atoms with Gasteiger partial charge in [0, 0.05) is 20.6 Å². The number of benzene rings is 4. The van der Waals surface area contributed by atoms with Gasteiger partial charge < -0.3 is 14.2 Å². The standard InChI is InChI=1S/C37H32BrClN2O5S/c1-4-8-29-33(36(43)45-5-2)34(28-19-24(38)14-18-30(28)44-3)41-35(42)32(47-37(41)40-29)20-27-26-10-7-6-9-23(26)13-17-31(27)46-21-22-11-15-25(39)16-12-22/h6-7,9-20,34H,4-5,8,21H2,1-3H3/b32-20+/t34-/m1/s1. The molecule has 0 saturated carbocycles. The van der Waals surface area contributed by atoms with E-state index in [1.165, 1.54) is 11.3 Å². The largest absolute Gasteiger partial charge is 0.496 e. The molecule has 1 aromatic heterocycles. The molecular weight excluding hydrogens is 700 g/mol. The minimum Gasteiger partial charge on any atom is -0.496 e. The molecule has 2 heterocycles. The van der Waals surface area contributed by atoms with Gasteiger partial charge in [-0.05, 0) is 72.2 Å². The summed E-state index contributed by atoms with van der Waals surface area (Å²) < 4.78 is 20.5. The number of aromatic nitrogens is 1. The first-order chi connectivity index (χ1) is 22.8. The molecule has 47 heavy (non-hydrogen) atoms. The van der Waals surface area contributed by atoms with E-state index in [0.29, 0.717) is 55.7 Å². The highest BCUT2D eigenvalue weighted by molar-refractivity contribution is 9.10. The Morgan fingerprint density at radius 1 is 1.04 bits per heavy atom. The summed E-state index contributed by atoms with van der Waals surface area (Å²) in [5.41, 5.74) is 3.04. The van der Waals surface area contributed by atoms with Gasteiger partial charge in [-0.3, -0.25) is 9.36 Å². The first-order valence-electron chi connectivity index (χ1n) is 15.3. The quantitative estimate of drug-likeness (QED) is 0.138. The molecule has 0 unspecified atom stereocenters. The van der Waals surface area contributed by atoms with Gasteiger partial charge in [0.25, 0.3) is 5.56 Å². The maximum Gasteiger partial charge on any atom is 0.338 e. The summed E-state index contributed by atoms with van der Waals surface area (Å²) in [4.78, 5) is 33.6. The van der Waals surface area contributed by atoms with E-state index in [1.807, 2.05) is 91.9 Å². The monoisotopic (exact) mass is 730 g/mol. The fraction of sp³-hybridized carbons (Fsp3) is 0.216. The molecule has 0 aliphatic carbocycles. The highest BCUT2D eigenvalue weighted by atomic mass is 79.9. The molecule has 1 aliphatic heterocycles. The molecule has 1 aliphatic rings. The number of esters is 1. The van der Waals surface area contributed by atoms with Crippen LogP contribution in [0, 0.1) is 0 Å². The van der Waals surface area contributed by atoms with E-state index in [9.17, 15) is 9.59 Å². The van der Waals surface area contributed by atoms with Gasteiger partial charge in [0.05, 0.1) is 29.5 Å². The highest BCUT2D eigenvalue weighted by Gasteiger charge is 2.36. The summed E-state index contributed by atoms with van der Waals surface area (Å²) in [5.74, 6) is 0.667. The molecule has 0 fully saturated rings. The molecule has 0 N–H and O–H groups in total. The summed E-state index contributed by atoms with van der Waals surface area (Å²) in [7, 11) is 1.57. The zero-order chi connectivity index (χ0) is 33.1. The van der Waals surface area contributed by atoms with Gasteiger partial charge >= 0.3 is 5.97 Å². The lowest BCUT2D eigenvalue weighted by Gasteiger charge is -2.27. The van der Waals surface area contributed by atoms with Crippen LogP contribution in [0.2, 0.25) is 5.02 Å². The van der Waals surface area contributed by atoms with Crippen molar-refractivity contribution in [2.75, 3.05) is 13.7 Å². The van der Waals surface area contributed by atoms with Gasteiger partial charge in [0.15, 0.2) is 4.80 Å². The average molecular weight is 732 g/mol. The summed E-state index contributed by atoms with van der Waals surface area (Å²) in [6.07, 6.45) is 3.16. The zero-order valence-corrected chi connectivity index (χ0v) is 29.2. The average Bonchev–Trinajstić information content (AvgIpc) is 3.38. The predicted octanol–water partition coefficient (Wildman–Crippen LogP) is 7.74. The van der Waals surface area contributed by atoms with Crippen LogP contribution in [0.5, 0.6) is 11.5 Å². The fourth-order valence-corrected chi connectivity index (χ4v) is 7.26. The van der Waals surface area contributed by atoms with Crippen molar-refractivity contribution in [3.05, 3.63) is 136 Å². The van der Waals surface area contributed by atoms with Crippen molar-refractivity contribution in [1.29, 1.82) is 0 Å². The Morgan fingerprint density at radius 3 is 2.55 bits per heavy atom. The van der Waals surface area contributed by atoms with Crippen molar-refractivity contribution < 1.29 is 19.0 Å². The van der Waals surface area contributed by atoms with Crippen LogP contribution in [0.15, 0.2) is 104 Å². The number of rotatable bonds is 10. The number of fused-ring (bicyclic) bond motifs is 2. The van der Waals surface area contributed by atoms with Crippen molar-refractivity contribution in [2.45, 2.75) is 39.3 Å². The second-order valence-corrected chi connectivity index (χ2v) is 13.3. The van der Waals surface area contributed by atoms with E-state index >= 15 is 0 Å². The fourth-order valence-electron chi connectivity index (χ4n) is 5.76. The van der Waals surface area contributed by atoms with Gasteiger partial charge in [0.1, 0.15) is 24.1 Å². The second-order valence-electron chi connectivity index (χ2n) is 10.9. The van der Waals surface area contributed by atoms with Crippen LogP contribution in [0.25, 0.3) is 16.8 Å². The minimum atomic E-state index is -0.811. The molecule has 6 rings (SSSR count). The van der Waals surface area contributed by atoms with E-state index in [4.69, 9.17) is 30.8 Å². The first kappa shape index (κ1) is 32.7. The van der Waals surface area contributed by atoms with Crippen molar-refractivity contribution in [1.82, 2.24) is 4.57 Å². The first-order valence-corrected chi connectivity index (χ1v) is 17.3. The lowest BCUT2D eigenvalue weighted by Crippen LogP contribution is -2.40. The van der Waals surface area contributed by atoms with Gasteiger partial charge in [0.2, 0.25) is 0 Å². The van der Waals surface area contributed by atoms with Crippen molar-refractivity contribution >= 4 is 61.7 Å². The summed E-state index contributed by atoms with van der Waals surface area (Å²) in [6.45, 7) is 4.30. The van der Waals surface area contributed by atoms with E-state index in [1.54, 1.807) is 18.6 Å². The summed E-state index contributed by atoms with van der Waals surface area (Å²) in [6, 6.07) is 24.2. The maximum absolute atomic E-state index is 14.5. The topological polar surface area (TPSA) is 79.1 Å². The zero-order valence-electron chi connectivity index (χ0n) is 26.1.